The molecular weight excluding hydrogens is 384 g/mol. The minimum absolute atomic E-state index is 0.0578. The molecule has 31 heavy (non-hydrogen) atoms. The predicted octanol–water partition coefficient (Wildman–Crippen LogP) is 5.47. The molecule has 168 valence electrons. The van der Waals surface area contributed by atoms with Crippen molar-refractivity contribution in [2.45, 2.75) is 66.2 Å². The van der Waals surface area contributed by atoms with Gasteiger partial charge in [-0.2, -0.15) is 0 Å². The average Bonchev–Trinajstić information content (AvgIpc) is 2.69. The van der Waals surface area contributed by atoms with Gasteiger partial charge in [0.05, 0.1) is 0 Å². The summed E-state index contributed by atoms with van der Waals surface area (Å²) in [6.45, 7) is 17.9. The minimum Gasteiger partial charge on any atom is -0.351 e. The van der Waals surface area contributed by atoms with Crippen LogP contribution in [0.25, 0.3) is 0 Å². The van der Waals surface area contributed by atoms with Crippen molar-refractivity contribution < 1.29 is 9.59 Å². The molecule has 0 aliphatic carbocycles. The third-order valence-corrected chi connectivity index (χ3v) is 5.48. The summed E-state index contributed by atoms with van der Waals surface area (Å²) < 4.78 is 0. The van der Waals surface area contributed by atoms with Crippen molar-refractivity contribution in [1.82, 2.24) is 10.6 Å². The summed E-state index contributed by atoms with van der Waals surface area (Å²) in [5.41, 5.74) is 3.52. The van der Waals surface area contributed by atoms with Crippen molar-refractivity contribution in [3.8, 4) is 0 Å². The topological polar surface area (TPSA) is 58.2 Å². The fourth-order valence-corrected chi connectivity index (χ4v) is 3.15. The first-order valence-electron chi connectivity index (χ1n) is 11.0. The van der Waals surface area contributed by atoms with Crippen LogP contribution < -0.4 is 10.6 Å². The van der Waals surface area contributed by atoms with Crippen molar-refractivity contribution in [2.75, 3.05) is 13.1 Å². The molecule has 0 fully saturated rings. The lowest BCUT2D eigenvalue weighted by atomic mass is 9.86. The maximum Gasteiger partial charge on any atom is 0.251 e. The van der Waals surface area contributed by atoms with Gasteiger partial charge in [0.2, 0.25) is 0 Å². The second kappa shape index (κ2) is 9.25. The highest BCUT2D eigenvalue weighted by Gasteiger charge is 2.22. The van der Waals surface area contributed by atoms with E-state index in [0.717, 1.165) is 0 Å². The van der Waals surface area contributed by atoms with Crippen LogP contribution in [0.1, 0.15) is 87.2 Å². The summed E-state index contributed by atoms with van der Waals surface area (Å²) >= 11 is 0. The molecule has 0 unspecified atom stereocenters. The van der Waals surface area contributed by atoms with E-state index in [9.17, 15) is 9.59 Å². The van der Waals surface area contributed by atoms with Gasteiger partial charge in [-0.3, -0.25) is 9.59 Å². The predicted molar refractivity (Wildman–Crippen MR) is 129 cm³/mol. The van der Waals surface area contributed by atoms with Crippen molar-refractivity contribution in [1.29, 1.82) is 0 Å². The van der Waals surface area contributed by atoms with Crippen LogP contribution in [-0.2, 0) is 10.8 Å². The van der Waals surface area contributed by atoms with Gasteiger partial charge in [0, 0.05) is 24.2 Å². The first-order valence-corrected chi connectivity index (χ1v) is 11.0. The molecule has 4 heteroatoms. The Bertz CT molecular complexity index is 821. The van der Waals surface area contributed by atoms with Gasteiger partial charge in [-0.05, 0) is 51.6 Å². The van der Waals surface area contributed by atoms with Crippen LogP contribution >= 0.6 is 0 Å². The van der Waals surface area contributed by atoms with Crippen LogP contribution in [0.5, 0.6) is 0 Å². The fourth-order valence-electron chi connectivity index (χ4n) is 3.15. The third kappa shape index (κ3) is 7.23. The molecule has 0 spiro atoms. The van der Waals surface area contributed by atoms with Crippen molar-refractivity contribution in [2.24, 2.45) is 5.41 Å². The van der Waals surface area contributed by atoms with E-state index in [0.29, 0.717) is 24.2 Å². The van der Waals surface area contributed by atoms with Crippen LogP contribution in [0.4, 0.5) is 0 Å². The van der Waals surface area contributed by atoms with E-state index in [1.165, 1.54) is 11.1 Å². The van der Waals surface area contributed by atoms with Crippen molar-refractivity contribution in [3.05, 3.63) is 70.8 Å². The lowest BCUT2D eigenvalue weighted by Crippen LogP contribution is -2.42. The molecule has 0 radical (unpaired) electrons. The highest BCUT2D eigenvalue weighted by molar-refractivity contribution is 5.95. The van der Waals surface area contributed by atoms with E-state index in [4.69, 9.17) is 0 Å². The standard InChI is InChI=1S/C27H38N2O2/c1-25(2,3)21-13-9-19(10-14-21)23(30)28-17-27(7,8)18-29-24(31)20-11-15-22(16-12-20)26(4,5)6/h9-16H,17-18H2,1-8H3,(H,28,30)(H,29,31). The minimum atomic E-state index is -0.276. The van der Waals surface area contributed by atoms with Gasteiger partial charge in [-0.1, -0.05) is 79.7 Å². The second-order valence-electron chi connectivity index (χ2n) is 11.2. The highest BCUT2D eigenvalue weighted by atomic mass is 16.2. The molecule has 0 aliphatic rings. The van der Waals surface area contributed by atoms with Crippen LogP contribution in [0.2, 0.25) is 0 Å². The van der Waals surface area contributed by atoms with Gasteiger partial charge >= 0.3 is 0 Å². The molecule has 2 N–H and O–H groups in total. The SMILES string of the molecule is CC(C)(CNC(=O)c1ccc(C(C)(C)C)cc1)CNC(=O)c1ccc(C(C)(C)C)cc1. The summed E-state index contributed by atoms with van der Waals surface area (Å²) in [6.07, 6.45) is 0. The zero-order valence-corrected chi connectivity index (χ0v) is 20.3. The number of benzene rings is 2. The van der Waals surface area contributed by atoms with Gasteiger partial charge < -0.3 is 10.6 Å². The zero-order valence-electron chi connectivity index (χ0n) is 20.3. The lowest BCUT2D eigenvalue weighted by Gasteiger charge is -2.25. The summed E-state index contributed by atoms with van der Waals surface area (Å²) in [5.74, 6) is -0.199. The Kier molecular flexibility index (Phi) is 7.36. The lowest BCUT2D eigenvalue weighted by molar-refractivity contribution is 0.0920. The van der Waals surface area contributed by atoms with Crippen molar-refractivity contribution >= 4 is 11.8 Å². The Hall–Kier alpha value is -2.62. The molecule has 0 atom stereocenters. The highest BCUT2D eigenvalue weighted by Crippen LogP contribution is 2.23. The van der Waals surface area contributed by atoms with Crippen LogP contribution in [0.3, 0.4) is 0 Å². The molecule has 0 bridgehead atoms. The zero-order chi connectivity index (χ0) is 23.4. The van der Waals surface area contributed by atoms with Gasteiger partial charge in [0.1, 0.15) is 0 Å². The Labute approximate surface area is 187 Å². The van der Waals surface area contributed by atoms with E-state index >= 15 is 0 Å². The monoisotopic (exact) mass is 422 g/mol. The second-order valence-corrected chi connectivity index (χ2v) is 11.2. The summed E-state index contributed by atoms with van der Waals surface area (Å²) in [7, 11) is 0. The Morgan fingerprint density at radius 3 is 1.13 bits per heavy atom. The van der Waals surface area contributed by atoms with Gasteiger partial charge in [-0.25, -0.2) is 0 Å². The Balaban J connectivity index is 1.88. The number of rotatable bonds is 6. The molecule has 0 aliphatic heterocycles. The summed E-state index contributed by atoms with van der Waals surface area (Å²) in [6, 6.07) is 15.5. The van der Waals surface area contributed by atoms with E-state index in [1.54, 1.807) is 0 Å². The maximum atomic E-state index is 12.5. The number of carbonyl (C=O) groups excluding carboxylic acids is 2. The molecule has 4 nitrogen and oxygen atoms in total. The molecule has 0 saturated heterocycles. The van der Waals surface area contributed by atoms with E-state index in [2.05, 4.69) is 52.2 Å². The molecule has 2 rings (SSSR count). The molecule has 0 aromatic heterocycles. The Morgan fingerprint density at radius 2 is 0.871 bits per heavy atom. The number of hydrogen-bond donors (Lipinski definition) is 2. The van der Waals surface area contributed by atoms with Gasteiger partial charge in [0.25, 0.3) is 11.8 Å². The fraction of sp³-hybridized carbons (Fsp3) is 0.481. The van der Waals surface area contributed by atoms with Crippen LogP contribution in [0, 0.1) is 5.41 Å². The number of amides is 2. The molecule has 2 aromatic carbocycles. The van der Waals surface area contributed by atoms with Crippen LogP contribution in [-0.4, -0.2) is 24.9 Å². The molecule has 2 amide bonds. The largest absolute Gasteiger partial charge is 0.351 e. The van der Waals surface area contributed by atoms with E-state index in [-0.39, 0.29) is 28.1 Å². The Morgan fingerprint density at radius 1 is 0.581 bits per heavy atom. The number of nitrogens with one attached hydrogen (secondary N) is 2. The smallest absolute Gasteiger partial charge is 0.251 e. The quantitative estimate of drug-likeness (QED) is 0.649. The molecule has 2 aromatic rings. The normalized spacial score (nSPS) is 12.4. The third-order valence-electron chi connectivity index (χ3n) is 5.48. The molecule has 0 heterocycles. The number of hydrogen-bond acceptors (Lipinski definition) is 2. The van der Waals surface area contributed by atoms with Gasteiger partial charge in [0.15, 0.2) is 0 Å². The van der Waals surface area contributed by atoms with E-state index in [1.807, 2.05) is 62.4 Å². The summed E-state index contributed by atoms with van der Waals surface area (Å²) in [5, 5.41) is 5.99. The molecular formula is C27H38N2O2. The summed E-state index contributed by atoms with van der Waals surface area (Å²) in [4.78, 5) is 25.1. The first-order chi connectivity index (χ1) is 14.2. The molecule has 0 saturated carbocycles. The maximum absolute atomic E-state index is 12.5. The number of carbonyl (C=O) groups is 2. The van der Waals surface area contributed by atoms with Crippen molar-refractivity contribution in [3.63, 3.8) is 0 Å². The first kappa shape index (κ1) is 24.6. The average molecular weight is 423 g/mol. The van der Waals surface area contributed by atoms with Gasteiger partial charge in [-0.15, -0.1) is 0 Å². The van der Waals surface area contributed by atoms with E-state index < -0.39 is 0 Å². The van der Waals surface area contributed by atoms with Crippen LogP contribution in [0.15, 0.2) is 48.5 Å².